The number of ether oxygens (including phenoxy) is 1. The van der Waals surface area contributed by atoms with E-state index in [1.807, 2.05) is 19.9 Å². The van der Waals surface area contributed by atoms with Crippen molar-refractivity contribution in [2.75, 3.05) is 12.4 Å². The number of amides is 2. The molecule has 0 bridgehead atoms. The smallest absolute Gasteiger partial charge is 0.319 e. The van der Waals surface area contributed by atoms with Crippen molar-refractivity contribution in [2.24, 2.45) is 0 Å². The Kier molecular flexibility index (Phi) is 5.27. The normalized spacial score (nSPS) is 11.8. The highest BCUT2D eigenvalue weighted by Crippen LogP contribution is 2.26. The molecule has 2 amide bonds. The molecule has 0 unspecified atom stereocenters. The molecule has 118 valence electrons. The van der Waals surface area contributed by atoms with Gasteiger partial charge >= 0.3 is 6.03 Å². The van der Waals surface area contributed by atoms with Gasteiger partial charge in [-0.05, 0) is 32.0 Å². The maximum atomic E-state index is 12.0. The summed E-state index contributed by atoms with van der Waals surface area (Å²) >= 11 is 6.08. The van der Waals surface area contributed by atoms with Crippen molar-refractivity contribution in [3.05, 3.63) is 40.7 Å². The second-order valence-corrected chi connectivity index (χ2v) is 5.50. The molecule has 0 saturated carbocycles. The van der Waals surface area contributed by atoms with Crippen molar-refractivity contribution >= 4 is 23.3 Å². The van der Waals surface area contributed by atoms with Gasteiger partial charge in [0.05, 0.1) is 23.5 Å². The Labute approximate surface area is 134 Å². The van der Waals surface area contributed by atoms with E-state index in [1.165, 1.54) is 0 Å². The van der Waals surface area contributed by atoms with Gasteiger partial charge in [-0.25, -0.2) is 4.79 Å². The summed E-state index contributed by atoms with van der Waals surface area (Å²) < 4.78 is 5.07. The van der Waals surface area contributed by atoms with Gasteiger partial charge in [-0.1, -0.05) is 11.6 Å². The minimum absolute atomic E-state index is 0.0558. The van der Waals surface area contributed by atoms with Crippen molar-refractivity contribution in [3.63, 3.8) is 0 Å². The van der Waals surface area contributed by atoms with Crippen molar-refractivity contribution in [1.29, 1.82) is 0 Å². The molecule has 0 spiro atoms. The lowest BCUT2D eigenvalue weighted by Gasteiger charge is -2.14. The summed E-state index contributed by atoms with van der Waals surface area (Å²) in [6, 6.07) is 6.66. The van der Waals surface area contributed by atoms with Crippen LogP contribution in [0.3, 0.4) is 0 Å². The fourth-order valence-corrected chi connectivity index (χ4v) is 2.27. The van der Waals surface area contributed by atoms with Crippen LogP contribution in [0.15, 0.2) is 24.3 Å². The number of urea groups is 1. The highest BCUT2D eigenvalue weighted by molar-refractivity contribution is 6.33. The first-order valence-corrected chi connectivity index (χ1v) is 7.27. The minimum atomic E-state index is -0.313. The zero-order valence-electron chi connectivity index (χ0n) is 12.7. The Morgan fingerprint density at radius 3 is 2.82 bits per heavy atom. The summed E-state index contributed by atoms with van der Waals surface area (Å²) in [5, 5.41) is 13.0. The van der Waals surface area contributed by atoms with Crippen LogP contribution in [0.25, 0.3) is 0 Å². The second kappa shape index (κ2) is 7.17. The fourth-order valence-electron chi connectivity index (χ4n) is 2.05. The van der Waals surface area contributed by atoms with Gasteiger partial charge in [-0.2, -0.15) is 5.10 Å². The first-order valence-electron chi connectivity index (χ1n) is 6.90. The molecule has 22 heavy (non-hydrogen) atoms. The van der Waals surface area contributed by atoms with Crippen molar-refractivity contribution < 1.29 is 9.53 Å². The molecule has 0 aliphatic carbocycles. The zero-order chi connectivity index (χ0) is 16.1. The molecule has 1 heterocycles. The number of methoxy groups -OCH3 is 1. The highest BCUT2D eigenvalue weighted by Gasteiger charge is 2.11. The zero-order valence-corrected chi connectivity index (χ0v) is 13.5. The third-order valence-corrected chi connectivity index (χ3v) is 3.39. The van der Waals surface area contributed by atoms with Crippen molar-refractivity contribution in [3.8, 4) is 5.75 Å². The molecule has 1 aromatic carbocycles. The molecule has 6 nitrogen and oxygen atoms in total. The van der Waals surface area contributed by atoms with E-state index < -0.39 is 0 Å². The summed E-state index contributed by atoms with van der Waals surface area (Å²) in [4.78, 5) is 12.0. The summed E-state index contributed by atoms with van der Waals surface area (Å²) in [6.45, 7) is 3.85. The Morgan fingerprint density at radius 2 is 2.23 bits per heavy atom. The molecule has 3 N–H and O–H groups in total. The largest absolute Gasteiger partial charge is 0.497 e. The van der Waals surface area contributed by atoms with Gasteiger partial charge in [0.2, 0.25) is 0 Å². The van der Waals surface area contributed by atoms with E-state index in [9.17, 15) is 4.79 Å². The lowest BCUT2D eigenvalue weighted by atomic mass is 10.2. The molecule has 0 aliphatic heterocycles. The lowest BCUT2D eigenvalue weighted by molar-refractivity contribution is 0.249. The van der Waals surface area contributed by atoms with Gasteiger partial charge in [-0.3, -0.25) is 5.10 Å². The first kappa shape index (κ1) is 16.2. The number of H-pyrrole nitrogens is 1. The van der Waals surface area contributed by atoms with E-state index in [-0.39, 0.29) is 12.1 Å². The molecule has 0 fully saturated rings. The van der Waals surface area contributed by atoms with Crippen LogP contribution in [0.2, 0.25) is 5.02 Å². The fraction of sp³-hybridized carbons (Fsp3) is 0.333. The molecular formula is C15H19ClN4O2. The molecule has 2 aromatic rings. The van der Waals surface area contributed by atoms with Gasteiger partial charge in [-0.15, -0.1) is 0 Å². The maximum Gasteiger partial charge on any atom is 0.319 e. The van der Waals surface area contributed by atoms with Crippen LogP contribution in [0, 0.1) is 6.92 Å². The van der Waals surface area contributed by atoms with Crippen LogP contribution < -0.4 is 15.4 Å². The second-order valence-electron chi connectivity index (χ2n) is 5.09. The van der Waals surface area contributed by atoms with E-state index in [1.54, 1.807) is 25.3 Å². The van der Waals surface area contributed by atoms with Gasteiger partial charge in [0.15, 0.2) is 0 Å². The first-order chi connectivity index (χ1) is 10.5. The topological polar surface area (TPSA) is 79.0 Å². The van der Waals surface area contributed by atoms with E-state index in [4.69, 9.17) is 16.3 Å². The predicted molar refractivity (Wildman–Crippen MR) is 86.6 cm³/mol. The van der Waals surface area contributed by atoms with Gasteiger partial charge in [0.25, 0.3) is 0 Å². The van der Waals surface area contributed by atoms with Gasteiger partial charge in [0.1, 0.15) is 5.75 Å². The molecule has 7 heteroatoms. The number of anilines is 1. The van der Waals surface area contributed by atoms with Gasteiger partial charge in [0, 0.05) is 24.2 Å². The van der Waals surface area contributed by atoms with Crippen LogP contribution in [0.4, 0.5) is 10.5 Å². The monoisotopic (exact) mass is 322 g/mol. The predicted octanol–water partition coefficient (Wildman–Crippen LogP) is 3.13. The molecule has 1 atom stereocenters. The number of benzene rings is 1. The number of aryl methyl sites for hydroxylation is 1. The number of carbonyl (C=O) groups excluding carboxylic acids is 1. The summed E-state index contributed by atoms with van der Waals surface area (Å²) in [7, 11) is 1.56. The number of carbonyl (C=O) groups is 1. The Balaban J connectivity index is 1.89. The number of aromatic nitrogens is 2. The summed E-state index contributed by atoms with van der Waals surface area (Å²) in [6.07, 6.45) is 0.647. The summed E-state index contributed by atoms with van der Waals surface area (Å²) in [5.74, 6) is 0.637. The third kappa shape index (κ3) is 4.39. The molecular weight excluding hydrogens is 304 g/mol. The number of halogens is 1. The highest BCUT2D eigenvalue weighted by atomic mass is 35.5. The van der Waals surface area contributed by atoms with E-state index in [0.717, 1.165) is 11.4 Å². The molecule has 2 rings (SSSR count). The Bertz CT molecular complexity index is 657. The summed E-state index contributed by atoms with van der Waals surface area (Å²) in [5.41, 5.74) is 2.44. The lowest BCUT2D eigenvalue weighted by Crippen LogP contribution is -2.37. The number of nitrogens with one attached hydrogen (secondary N) is 3. The van der Waals surface area contributed by atoms with Crippen molar-refractivity contribution in [1.82, 2.24) is 15.5 Å². The van der Waals surface area contributed by atoms with Crippen molar-refractivity contribution in [2.45, 2.75) is 26.3 Å². The number of hydrogen-bond donors (Lipinski definition) is 3. The maximum absolute atomic E-state index is 12.0. The van der Waals surface area contributed by atoms with E-state index in [0.29, 0.717) is 22.9 Å². The Morgan fingerprint density at radius 1 is 1.45 bits per heavy atom. The standard InChI is InChI=1S/C15H19ClN4O2/c1-9(6-11-7-10(2)19-20-11)17-15(21)18-14-5-4-12(22-3)8-13(14)16/h4-5,7-9H,6H2,1-3H3,(H,19,20)(H2,17,18,21)/t9-/m0/s1. The number of rotatable bonds is 5. The van der Waals surface area contributed by atoms with Crippen LogP contribution in [0.1, 0.15) is 18.3 Å². The number of nitrogens with zero attached hydrogens (tertiary/aromatic N) is 1. The molecule has 1 aromatic heterocycles. The number of hydrogen-bond acceptors (Lipinski definition) is 3. The SMILES string of the molecule is COc1ccc(NC(=O)N[C@@H](C)Cc2cc(C)[nH]n2)c(Cl)c1. The molecule has 0 radical (unpaired) electrons. The molecule has 0 aliphatic rings. The quantitative estimate of drug-likeness (QED) is 0.791. The van der Waals surface area contributed by atoms with Crippen LogP contribution >= 0.6 is 11.6 Å². The van der Waals surface area contributed by atoms with E-state index in [2.05, 4.69) is 20.8 Å². The minimum Gasteiger partial charge on any atom is -0.497 e. The average Bonchev–Trinajstić information content (AvgIpc) is 2.86. The van der Waals surface area contributed by atoms with Crippen LogP contribution in [-0.4, -0.2) is 29.4 Å². The van der Waals surface area contributed by atoms with Crippen LogP contribution in [0.5, 0.6) is 5.75 Å². The molecule has 0 saturated heterocycles. The van der Waals surface area contributed by atoms with E-state index >= 15 is 0 Å². The third-order valence-electron chi connectivity index (χ3n) is 3.08. The van der Waals surface area contributed by atoms with Gasteiger partial charge < -0.3 is 15.4 Å². The average molecular weight is 323 g/mol. The Hall–Kier alpha value is -2.21. The van der Waals surface area contributed by atoms with Crippen LogP contribution in [-0.2, 0) is 6.42 Å². The number of aromatic amines is 1.